The molecule has 0 aromatic carbocycles. The molecule has 0 fully saturated rings. The lowest BCUT2D eigenvalue weighted by Gasteiger charge is -2.12. The van der Waals surface area contributed by atoms with E-state index in [0.717, 1.165) is 25.8 Å². The van der Waals surface area contributed by atoms with Gasteiger partial charge in [0, 0.05) is 6.04 Å². The molecule has 1 aliphatic rings. The molecule has 1 atom stereocenters. The highest BCUT2D eigenvalue weighted by atomic mass is 16.3. The van der Waals surface area contributed by atoms with E-state index in [1.807, 2.05) is 6.92 Å². The largest absolute Gasteiger partial charge is 0.393 e. The minimum Gasteiger partial charge on any atom is -0.393 e. The van der Waals surface area contributed by atoms with Crippen LogP contribution in [0.4, 0.5) is 0 Å². The van der Waals surface area contributed by atoms with Crippen LogP contribution in [0.1, 0.15) is 26.2 Å². The third-order valence-electron chi connectivity index (χ3n) is 2.00. The van der Waals surface area contributed by atoms with Crippen molar-refractivity contribution in [3.05, 3.63) is 12.2 Å². The van der Waals surface area contributed by atoms with Crippen molar-refractivity contribution in [3.63, 3.8) is 0 Å². The summed E-state index contributed by atoms with van der Waals surface area (Å²) in [6, 6.07) is 0.633. The summed E-state index contributed by atoms with van der Waals surface area (Å²) in [5.41, 5.74) is 0. The molecule has 2 nitrogen and oxygen atoms in total. The van der Waals surface area contributed by atoms with Gasteiger partial charge in [-0.2, -0.15) is 0 Å². The highest BCUT2D eigenvalue weighted by Gasteiger charge is 2.08. The summed E-state index contributed by atoms with van der Waals surface area (Å²) in [6.45, 7) is 2.76. The van der Waals surface area contributed by atoms with Crippen LogP contribution in [0.3, 0.4) is 0 Å². The SMILES string of the molecule is CC(O)CCNC1CC=CC1. The molecule has 1 rings (SSSR count). The second-order valence-electron chi connectivity index (χ2n) is 3.23. The number of aliphatic hydroxyl groups is 1. The Morgan fingerprint density at radius 1 is 1.55 bits per heavy atom. The summed E-state index contributed by atoms with van der Waals surface area (Å²) < 4.78 is 0. The molecular weight excluding hydrogens is 138 g/mol. The molecule has 0 saturated heterocycles. The van der Waals surface area contributed by atoms with Gasteiger partial charge in [0.2, 0.25) is 0 Å². The van der Waals surface area contributed by atoms with Gasteiger partial charge in [-0.1, -0.05) is 12.2 Å². The number of rotatable bonds is 4. The quantitative estimate of drug-likeness (QED) is 0.595. The summed E-state index contributed by atoms with van der Waals surface area (Å²) >= 11 is 0. The summed E-state index contributed by atoms with van der Waals surface area (Å²) in [5.74, 6) is 0. The van der Waals surface area contributed by atoms with E-state index in [4.69, 9.17) is 5.11 Å². The van der Waals surface area contributed by atoms with Crippen LogP contribution in [0.15, 0.2) is 12.2 Å². The van der Waals surface area contributed by atoms with Crippen LogP contribution < -0.4 is 5.32 Å². The maximum absolute atomic E-state index is 8.97. The van der Waals surface area contributed by atoms with Crippen molar-refractivity contribution in [1.82, 2.24) is 5.32 Å². The smallest absolute Gasteiger partial charge is 0.0524 e. The Kier molecular flexibility index (Phi) is 3.60. The zero-order valence-corrected chi connectivity index (χ0v) is 7.09. The molecule has 64 valence electrons. The number of aliphatic hydroxyl groups excluding tert-OH is 1. The Morgan fingerprint density at radius 2 is 2.18 bits per heavy atom. The predicted octanol–water partition coefficient (Wildman–Crippen LogP) is 1.07. The number of nitrogens with one attached hydrogen (secondary N) is 1. The summed E-state index contributed by atoms with van der Waals surface area (Å²) in [6.07, 6.45) is 7.41. The van der Waals surface area contributed by atoms with Gasteiger partial charge in [0.05, 0.1) is 6.10 Å². The van der Waals surface area contributed by atoms with Gasteiger partial charge in [-0.05, 0) is 32.7 Å². The van der Waals surface area contributed by atoms with Crippen molar-refractivity contribution in [2.24, 2.45) is 0 Å². The fraction of sp³-hybridized carbons (Fsp3) is 0.778. The molecular formula is C9H17NO. The van der Waals surface area contributed by atoms with Gasteiger partial charge in [0.25, 0.3) is 0 Å². The van der Waals surface area contributed by atoms with Gasteiger partial charge in [0.1, 0.15) is 0 Å². The lowest BCUT2D eigenvalue weighted by atomic mass is 10.2. The van der Waals surface area contributed by atoms with Gasteiger partial charge < -0.3 is 10.4 Å². The summed E-state index contributed by atoms with van der Waals surface area (Å²) in [4.78, 5) is 0. The lowest BCUT2D eigenvalue weighted by molar-refractivity contribution is 0.182. The molecule has 1 aliphatic carbocycles. The normalized spacial score (nSPS) is 20.9. The average Bonchev–Trinajstić information content (AvgIpc) is 2.39. The molecule has 0 amide bonds. The minimum absolute atomic E-state index is 0.170. The van der Waals surface area contributed by atoms with Gasteiger partial charge >= 0.3 is 0 Å². The molecule has 11 heavy (non-hydrogen) atoms. The highest BCUT2D eigenvalue weighted by Crippen LogP contribution is 2.08. The van der Waals surface area contributed by atoms with Crippen LogP contribution in [0, 0.1) is 0 Å². The van der Waals surface area contributed by atoms with E-state index in [1.54, 1.807) is 0 Å². The molecule has 1 unspecified atom stereocenters. The molecule has 2 heteroatoms. The fourth-order valence-electron chi connectivity index (χ4n) is 1.28. The maximum Gasteiger partial charge on any atom is 0.0524 e. The van der Waals surface area contributed by atoms with Crippen LogP contribution in [0.5, 0.6) is 0 Å². The third kappa shape index (κ3) is 3.54. The Bertz CT molecular complexity index is 124. The third-order valence-corrected chi connectivity index (χ3v) is 2.00. The van der Waals surface area contributed by atoms with Crippen LogP contribution in [-0.2, 0) is 0 Å². The van der Waals surface area contributed by atoms with E-state index >= 15 is 0 Å². The van der Waals surface area contributed by atoms with Crippen molar-refractivity contribution in [3.8, 4) is 0 Å². The molecule has 0 bridgehead atoms. The Morgan fingerprint density at radius 3 is 2.73 bits per heavy atom. The van der Waals surface area contributed by atoms with Crippen LogP contribution >= 0.6 is 0 Å². The van der Waals surface area contributed by atoms with Gasteiger partial charge in [-0.3, -0.25) is 0 Å². The van der Waals surface area contributed by atoms with Crippen molar-refractivity contribution >= 4 is 0 Å². The first kappa shape index (κ1) is 8.75. The second kappa shape index (κ2) is 4.52. The van der Waals surface area contributed by atoms with Crippen molar-refractivity contribution < 1.29 is 5.11 Å². The van der Waals surface area contributed by atoms with E-state index in [1.165, 1.54) is 0 Å². The number of hydrogen-bond donors (Lipinski definition) is 2. The maximum atomic E-state index is 8.97. The first-order valence-corrected chi connectivity index (χ1v) is 4.35. The van der Waals surface area contributed by atoms with Crippen molar-refractivity contribution in [1.29, 1.82) is 0 Å². The number of hydrogen-bond acceptors (Lipinski definition) is 2. The molecule has 0 spiro atoms. The molecule has 0 heterocycles. The molecule has 0 aliphatic heterocycles. The average molecular weight is 155 g/mol. The standard InChI is InChI=1S/C9H17NO/c1-8(11)6-7-10-9-4-2-3-5-9/h2-3,8-11H,4-7H2,1H3. The molecule has 2 N–H and O–H groups in total. The van der Waals surface area contributed by atoms with E-state index < -0.39 is 0 Å². The fourth-order valence-corrected chi connectivity index (χ4v) is 1.28. The van der Waals surface area contributed by atoms with Gasteiger partial charge in [0.15, 0.2) is 0 Å². The lowest BCUT2D eigenvalue weighted by Crippen LogP contribution is -2.28. The molecule has 0 saturated carbocycles. The monoisotopic (exact) mass is 155 g/mol. The summed E-state index contributed by atoms with van der Waals surface area (Å²) in [7, 11) is 0. The van der Waals surface area contributed by atoms with Crippen LogP contribution in [0.2, 0.25) is 0 Å². The zero-order chi connectivity index (χ0) is 8.10. The first-order valence-electron chi connectivity index (χ1n) is 4.35. The zero-order valence-electron chi connectivity index (χ0n) is 7.09. The molecule has 0 radical (unpaired) electrons. The topological polar surface area (TPSA) is 32.3 Å². The highest BCUT2D eigenvalue weighted by molar-refractivity contribution is 4.97. The predicted molar refractivity (Wildman–Crippen MR) is 46.5 cm³/mol. The molecule has 0 aromatic rings. The Labute approximate surface area is 68.3 Å². The van der Waals surface area contributed by atoms with Gasteiger partial charge in [-0.25, -0.2) is 0 Å². The Hall–Kier alpha value is -0.340. The second-order valence-corrected chi connectivity index (χ2v) is 3.23. The van der Waals surface area contributed by atoms with E-state index in [2.05, 4.69) is 17.5 Å². The van der Waals surface area contributed by atoms with E-state index in [0.29, 0.717) is 6.04 Å². The Balaban J connectivity index is 1.95. The van der Waals surface area contributed by atoms with Crippen molar-refractivity contribution in [2.45, 2.75) is 38.3 Å². The van der Waals surface area contributed by atoms with Crippen molar-refractivity contribution in [2.75, 3.05) is 6.54 Å². The van der Waals surface area contributed by atoms with E-state index in [-0.39, 0.29) is 6.10 Å². The van der Waals surface area contributed by atoms with Crippen LogP contribution in [-0.4, -0.2) is 23.8 Å². The molecule has 0 aromatic heterocycles. The summed E-state index contributed by atoms with van der Waals surface area (Å²) in [5, 5.41) is 12.4. The van der Waals surface area contributed by atoms with E-state index in [9.17, 15) is 0 Å². The van der Waals surface area contributed by atoms with Gasteiger partial charge in [-0.15, -0.1) is 0 Å². The minimum atomic E-state index is -0.170. The first-order chi connectivity index (χ1) is 5.29. The van der Waals surface area contributed by atoms with Crippen LogP contribution in [0.25, 0.3) is 0 Å².